The molecule has 2 aromatic carbocycles. The van der Waals surface area contributed by atoms with E-state index in [1.54, 1.807) is 37.4 Å². The lowest BCUT2D eigenvalue weighted by atomic mass is 10.2. The molecule has 3 rings (SSSR count). The van der Waals surface area contributed by atoms with Gasteiger partial charge in [0.2, 0.25) is 0 Å². The zero-order valence-electron chi connectivity index (χ0n) is 15.6. The highest BCUT2D eigenvalue weighted by Crippen LogP contribution is 2.20. The van der Waals surface area contributed by atoms with Crippen molar-refractivity contribution in [1.29, 1.82) is 0 Å². The van der Waals surface area contributed by atoms with E-state index in [1.165, 1.54) is 0 Å². The zero-order chi connectivity index (χ0) is 19.2. The summed E-state index contributed by atoms with van der Waals surface area (Å²) in [6.07, 6.45) is 0. The van der Waals surface area contributed by atoms with Gasteiger partial charge in [-0.3, -0.25) is 4.79 Å². The maximum Gasteiger partial charge on any atom is 0.274 e. The summed E-state index contributed by atoms with van der Waals surface area (Å²) in [5.74, 6) is 1.54. The molecule has 0 unspecified atom stereocenters. The minimum Gasteiger partial charge on any atom is -0.497 e. The fourth-order valence-corrected chi connectivity index (χ4v) is 2.52. The molecule has 0 saturated heterocycles. The number of hydrogen-bond acceptors (Lipinski definition) is 5. The largest absolute Gasteiger partial charge is 0.497 e. The van der Waals surface area contributed by atoms with Gasteiger partial charge in [0.15, 0.2) is 5.82 Å². The van der Waals surface area contributed by atoms with Crippen LogP contribution in [0.5, 0.6) is 5.75 Å². The maximum atomic E-state index is 12.7. The number of nitrogens with one attached hydrogen (secondary N) is 2. The smallest absolute Gasteiger partial charge is 0.274 e. The molecule has 0 spiro atoms. The summed E-state index contributed by atoms with van der Waals surface area (Å²) in [4.78, 5) is 21.7. The highest BCUT2D eigenvalue weighted by atomic mass is 16.5. The molecule has 1 amide bonds. The second kappa shape index (κ2) is 8.31. The molecule has 0 fully saturated rings. The molecule has 1 aromatic heterocycles. The van der Waals surface area contributed by atoms with Crippen LogP contribution in [-0.4, -0.2) is 29.0 Å². The van der Waals surface area contributed by atoms with Gasteiger partial charge in [-0.25, -0.2) is 9.97 Å². The van der Waals surface area contributed by atoms with Crippen molar-refractivity contribution in [3.05, 3.63) is 66.4 Å². The normalized spacial score (nSPS) is 10.5. The van der Waals surface area contributed by atoms with Gasteiger partial charge in [-0.2, -0.15) is 0 Å². The van der Waals surface area contributed by atoms with Gasteiger partial charge in [0.25, 0.3) is 5.91 Å². The third kappa shape index (κ3) is 4.82. The Hall–Kier alpha value is -3.41. The van der Waals surface area contributed by atoms with Crippen LogP contribution in [-0.2, 0) is 0 Å². The van der Waals surface area contributed by atoms with Crippen molar-refractivity contribution >= 4 is 17.4 Å². The first kappa shape index (κ1) is 18.4. The average Bonchev–Trinajstić information content (AvgIpc) is 2.68. The van der Waals surface area contributed by atoms with Gasteiger partial charge in [-0.1, -0.05) is 30.3 Å². The van der Waals surface area contributed by atoms with E-state index < -0.39 is 0 Å². The molecule has 0 bridgehead atoms. The predicted octanol–water partition coefficient (Wildman–Crippen LogP) is 4.22. The first-order valence-corrected chi connectivity index (χ1v) is 8.71. The van der Waals surface area contributed by atoms with Gasteiger partial charge >= 0.3 is 0 Å². The Balaban J connectivity index is 1.91. The van der Waals surface area contributed by atoms with E-state index in [-0.39, 0.29) is 11.9 Å². The van der Waals surface area contributed by atoms with Crippen molar-refractivity contribution in [2.75, 3.05) is 17.7 Å². The lowest BCUT2D eigenvalue weighted by Crippen LogP contribution is -2.17. The van der Waals surface area contributed by atoms with Crippen molar-refractivity contribution < 1.29 is 9.53 Å². The highest BCUT2D eigenvalue weighted by molar-refractivity contribution is 6.03. The number of carbonyl (C=O) groups is 1. The fraction of sp³-hybridized carbons (Fsp3) is 0.190. The van der Waals surface area contributed by atoms with Crippen LogP contribution in [0.4, 0.5) is 11.5 Å². The minimum atomic E-state index is -0.299. The standard InChI is InChI=1S/C21H22N4O2/c1-14(2)22-19-13-18(24-20(25-19)15-7-5-4-6-8-15)21(26)23-16-9-11-17(27-3)12-10-16/h4-14H,1-3H3,(H,23,26)(H,22,24,25). The lowest BCUT2D eigenvalue weighted by molar-refractivity contribution is 0.102. The van der Waals surface area contributed by atoms with E-state index in [4.69, 9.17) is 4.74 Å². The zero-order valence-corrected chi connectivity index (χ0v) is 15.6. The molecule has 6 heteroatoms. The van der Waals surface area contributed by atoms with Gasteiger partial charge in [0.1, 0.15) is 17.3 Å². The van der Waals surface area contributed by atoms with Gasteiger partial charge in [0.05, 0.1) is 7.11 Å². The molecular formula is C21H22N4O2. The predicted molar refractivity (Wildman–Crippen MR) is 107 cm³/mol. The number of amides is 1. The summed E-state index contributed by atoms with van der Waals surface area (Å²) in [5, 5.41) is 6.10. The number of aromatic nitrogens is 2. The molecule has 1 heterocycles. The van der Waals surface area contributed by atoms with E-state index in [0.717, 1.165) is 11.3 Å². The number of hydrogen-bond donors (Lipinski definition) is 2. The van der Waals surface area contributed by atoms with E-state index in [2.05, 4.69) is 20.6 Å². The van der Waals surface area contributed by atoms with Crippen molar-refractivity contribution in [1.82, 2.24) is 9.97 Å². The summed E-state index contributed by atoms with van der Waals surface area (Å²) in [7, 11) is 1.60. The summed E-state index contributed by atoms with van der Waals surface area (Å²) < 4.78 is 5.13. The lowest BCUT2D eigenvalue weighted by Gasteiger charge is -2.12. The SMILES string of the molecule is COc1ccc(NC(=O)c2cc(NC(C)C)nc(-c3ccccc3)n2)cc1. The van der Waals surface area contributed by atoms with E-state index in [1.807, 2.05) is 44.2 Å². The van der Waals surface area contributed by atoms with Crippen LogP contribution in [0.1, 0.15) is 24.3 Å². The summed E-state index contributed by atoms with van der Waals surface area (Å²) >= 11 is 0. The van der Waals surface area contributed by atoms with Crippen LogP contribution in [0.3, 0.4) is 0 Å². The van der Waals surface area contributed by atoms with Crippen LogP contribution in [0.2, 0.25) is 0 Å². The van der Waals surface area contributed by atoms with E-state index in [9.17, 15) is 4.79 Å². The molecule has 2 N–H and O–H groups in total. The number of nitrogens with zero attached hydrogens (tertiary/aromatic N) is 2. The Morgan fingerprint density at radius 1 is 1.00 bits per heavy atom. The van der Waals surface area contributed by atoms with E-state index in [0.29, 0.717) is 23.0 Å². The van der Waals surface area contributed by atoms with E-state index >= 15 is 0 Å². The number of ether oxygens (including phenoxy) is 1. The average molecular weight is 362 g/mol. The Labute approximate surface area is 158 Å². The topological polar surface area (TPSA) is 76.1 Å². The Morgan fingerprint density at radius 3 is 2.33 bits per heavy atom. The monoisotopic (exact) mass is 362 g/mol. The molecule has 138 valence electrons. The Bertz CT molecular complexity index is 909. The molecule has 6 nitrogen and oxygen atoms in total. The Morgan fingerprint density at radius 2 is 1.70 bits per heavy atom. The van der Waals surface area contributed by atoms with Crippen LogP contribution < -0.4 is 15.4 Å². The molecule has 0 atom stereocenters. The molecule has 0 radical (unpaired) electrons. The second-order valence-electron chi connectivity index (χ2n) is 6.31. The number of rotatable bonds is 6. The number of benzene rings is 2. The van der Waals surface area contributed by atoms with Crippen molar-refractivity contribution in [3.63, 3.8) is 0 Å². The molecular weight excluding hydrogens is 340 g/mol. The third-order valence-corrected chi connectivity index (χ3v) is 3.78. The summed E-state index contributed by atoms with van der Waals surface area (Å²) in [6.45, 7) is 4.03. The number of carbonyl (C=O) groups excluding carboxylic acids is 1. The molecule has 3 aromatic rings. The molecule has 27 heavy (non-hydrogen) atoms. The first-order valence-electron chi connectivity index (χ1n) is 8.71. The molecule has 0 aliphatic carbocycles. The second-order valence-corrected chi connectivity index (χ2v) is 6.31. The first-order chi connectivity index (χ1) is 13.0. The minimum absolute atomic E-state index is 0.182. The van der Waals surface area contributed by atoms with Crippen LogP contribution >= 0.6 is 0 Å². The summed E-state index contributed by atoms with van der Waals surface area (Å²) in [5.41, 5.74) is 1.81. The number of methoxy groups -OCH3 is 1. The van der Waals surface area contributed by atoms with Crippen LogP contribution in [0, 0.1) is 0 Å². The molecule has 0 aliphatic rings. The van der Waals surface area contributed by atoms with Crippen molar-refractivity contribution in [2.24, 2.45) is 0 Å². The fourth-order valence-electron chi connectivity index (χ4n) is 2.52. The van der Waals surface area contributed by atoms with Gasteiger partial charge < -0.3 is 15.4 Å². The van der Waals surface area contributed by atoms with Crippen molar-refractivity contribution in [2.45, 2.75) is 19.9 Å². The molecule has 0 aliphatic heterocycles. The highest BCUT2D eigenvalue weighted by Gasteiger charge is 2.14. The van der Waals surface area contributed by atoms with Crippen molar-refractivity contribution in [3.8, 4) is 17.1 Å². The maximum absolute atomic E-state index is 12.7. The van der Waals surface area contributed by atoms with Crippen LogP contribution in [0.25, 0.3) is 11.4 Å². The quantitative estimate of drug-likeness (QED) is 0.686. The summed E-state index contributed by atoms with van der Waals surface area (Å²) in [6, 6.07) is 18.6. The third-order valence-electron chi connectivity index (χ3n) is 3.78. The number of anilines is 2. The Kier molecular flexibility index (Phi) is 5.66. The van der Waals surface area contributed by atoms with Crippen LogP contribution in [0.15, 0.2) is 60.7 Å². The van der Waals surface area contributed by atoms with Gasteiger partial charge in [-0.05, 0) is 38.1 Å². The van der Waals surface area contributed by atoms with Gasteiger partial charge in [-0.15, -0.1) is 0 Å². The van der Waals surface area contributed by atoms with Gasteiger partial charge in [0, 0.05) is 23.4 Å². The molecule has 0 saturated carbocycles.